The average molecular weight is 486 g/mol. The third-order valence-corrected chi connectivity index (χ3v) is 6.15. The molecule has 1 N–H and O–H groups in total. The van der Waals surface area contributed by atoms with Gasteiger partial charge in [0, 0.05) is 19.4 Å². The minimum absolute atomic E-state index is 0.116. The Labute approximate surface area is 210 Å². The molecule has 7 heteroatoms. The summed E-state index contributed by atoms with van der Waals surface area (Å²) in [5.74, 6) is 1.21. The van der Waals surface area contributed by atoms with Gasteiger partial charge < -0.3 is 19.4 Å². The average Bonchev–Trinajstić information content (AvgIpc) is 2.90. The molecule has 1 heterocycles. The molecule has 0 saturated carbocycles. The summed E-state index contributed by atoms with van der Waals surface area (Å²) in [6.07, 6.45) is 1.13. The maximum atomic E-state index is 13.3. The summed E-state index contributed by atoms with van der Waals surface area (Å²) in [6, 6.07) is 21.4. The fourth-order valence-electron chi connectivity index (χ4n) is 4.14. The molecule has 1 aromatic heterocycles. The highest BCUT2D eigenvalue weighted by Crippen LogP contribution is 2.27. The van der Waals surface area contributed by atoms with Crippen molar-refractivity contribution in [2.45, 2.75) is 32.7 Å². The summed E-state index contributed by atoms with van der Waals surface area (Å²) in [5.41, 5.74) is 5.01. The molecule has 4 rings (SSSR count). The zero-order valence-corrected chi connectivity index (χ0v) is 20.9. The Hall–Kier alpha value is -4.13. The summed E-state index contributed by atoms with van der Waals surface area (Å²) in [4.78, 5) is 30.4. The standard InChI is InChI=1S/C29H31N3O4/c1-20-8-10-22(11-9-20)19-32-25-7-5-4-6-23(25)31-24(29(32)34)13-15-28(33)30-17-16-21-12-14-26(35-2)27(18-21)36-3/h4-12,14,18H,13,15-17,19H2,1-3H3,(H,30,33). The monoisotopic (exact) mass is 485 g/mol. The number of para-hydroxylation sites is 2. The molecule has 0 spiro atoms. The zero-order valence-electron chi connectivity index (χ0n) is 20.9. The molecule has 4 aromatic rings. The van der Waals surface area contributed by atoms with Crippen LogP contribution in [0, 0.1) is 6.92 Å². The van der Waals surface area contributed by atoms with Crippen LogP contribution in [0.5, 0.6) is 11.5 Å². The molecule has 0 atom stereocenters. The first-order chi connectivity index (χ1) is 17.5. The number of aryl methyl sites for hydroxylation is 2. The van der Waals surface area contributed by atoms with Crippen molar-refractivity contribution in [1.82, 2.24) is 14.9 Å². The number of amides is 1. The van der Waals surface area contributed by atoms with Crippen molar-refractivity contribution in [2.24, 2.45) is 0 Å². The van der Waals surface area contributed by atoms with E-state index in [1.165, 1.54) is 5.56 Å². The highest BCUT2D eigenvalue weighted by Gasteiger charge is 2.13. The quantitative estimate of drug-likeness (QED) is 0.366. The van der Waals surface area contributed by atoms with E-state index in [0.29, 0.717) is 36.7 Å². The largest absolute Gasteiger partial charge is 0.493 e. The van der Waals surface area contributed by atoms with Gasteiger partial charge in [0.1, 0.15) is 5.69 Å². The maximum Gasteiger partial charge on any atom is 0.273 e. The molecule has 7 nitrogen and oxygen atoms in total. The van der Waals surface area contributed by atoms with E-state index in [1.54, 1.807) is 18.8 Å². The van der Waals surface area contributed by atoms with Gasteiger partial charge >= 0.3 is 0 Å². The molecule has 0 aliphatic carbocycles. The van der Waals surface area contributed by atoms with E-state index in [0.717, 1.165) is 22.2 Å². The minimum Gasteiger partial charge on any atom is -0.493 e. The van der Waals surface area contributed by atoms with Gasteiger partial charge in [-0.05, 0) is 48.7 Å². The second-order valence-electron chi connectivity index (χ2n) is 8.71. The fraction of sp³-hybridized carbons (Fsp3) is 0.276. The van der Waals surface area contributed by atoms with Gasteiger partial charge in [0.25, 0.3) is 5.56 Å². The van der Waals surface area contributed by atoms with Crippen molar-refractivity contribution in [2.75, 3.05) is 20.8 Å². The molecule has 186 valence electrons. The number of rotatable bonds is 10. The molecule has 0 aliphatic heterocycles. The van der Waals surface area contributed by atoms with E-state index in [1.807, 2.05) is 73.7 Å². The summed E-state index contributed by atoms with van der Waals surface area (Å²) in [6.45, 7) is 2.97. The number of methoxy groups -OCH3 is 2. The maximum absolute atomic E-state index is 13.3. The first-order valence-corrected chi connectivity index (χ1v) is 12.0. The van der Waals surface area contributed by atoms with E-state index >= 15 is 0 Å². The second-order valence-corrected chi connectivity index (χ2v) is 8.71. The van der Waals surface area contributed by atoms with E-state index in [4.69, 9.17) is 9.47 Å². The molecule has 0 unspecified atom stereocenters. The smallest absolute Gasteiger partial charge is 0.273 e. The Morgan fingerprint density at radius 3 is 2.39 bits per heavy atom. The predicted octanol–water partition coefficient (Wildman–Crippen LogP) is 4.06. The van der Waals surface area contributed by atoms with Crippen LogP contribution < -0.4 is 20.3 Å². The van der Waals surface area contributed by atoms with Crippen LogP contribution in [0.15, 0.2) is 71.5 Å². The fourth-order valence-corrected chi connectivity index (χ4v) is 4.14. The second kappa shape index (κ2) is 11.5. The number of carbonyl (C=O) groups excluding carboxylic acids is 1. The predicted molar refractivity (Wildman–Crippen MR) is 141 cm³/mol. The Kier molecular flexibility index (Phi) is 8.00. The van der Waals surface area contributed by atoms with Crippen LogP contribution in [-0.2, 0) is 24.2 Å². The van der Waals surface area contributed by atoms with Crippen molar-refractivity contribution in [1.29, 1.82) is 0 Å². The summed E-state index contributed by atoms with van der Waals surface area (Å²) < 4.78 is 12.3. The van der Waals surface area contributed by atoms with Crippen LogP contribution in [0.25, 0.3) is 11.0 Å². The first-order valence-electron chi connectivity index (χ1n) is 12.0. The number of aromatic nitrogens is 2. The first kappa shape index (κ1) is 25.0. The van der Waals surface area contributed by atoms with Gasteiger partial charge in [-0.3, -0.25) is 9.59 Å². The molecule has 0 radical (unpaired) electrons. The van der Waals surface area contributed by atoms with Gasteiger partial charge in [0.05, 0.1) is 31.8 Å². The lowest BCUT2D eigenvalue weighted by atomic mass is 10.1. The Bertz CT molecular complexity index is 1410. The Morgan fingerprint density at radius 2 is 1.64 bits per heavy atom. The summed E-state index contributed by atoms with van der Waals surface area (Å²) in [5, 5.41) is 2.94. The Balaban J connectivity index is 1.42. The number of fused-ring (bicyclic) bond motifs is 1. The van der Waals surface area contributed by atoms with Crippen LogP contribution in [0.4, 0.5) is 0 Å². The van der Waals surface area contributed by atoms with E-state index in [-0.39, 0.29) is 24.3 Å². The molecule has 0 fully saturated rings. The molecule has 1 amide bonds. The molecule has 0 bridgehead atoms. The molecule has 36 heavy (non-hydrogen) atoms. The molecular weight excluding hydrogens is 454 g/mol. The van der Waals surface area contributed by atoms with Crippen LogP contribution in [0.2, 0.25) is 0 Å². The third kappa shape index (κ3) is 5.92. The van der Waals surface area contributed by atoms with Gasteiger partial charge in [0.15, 0.2) is 11.5 Å². The number of benzene rings is 3. The number of hydrogen-bond donors (Lipinski definition) is 1. The third-order valence-electron chi connectivity index (χ3n) is 6.15. The number of nitrogens with one attached hydrogen (secondary N) is 1. The lowest BCUT2D eigenvalue weighted by Crippen LogP contribution is -2.29. The number of hydrogen-bond acceptors (Lipinski definition) is 5. The van der Waals surface area contributed by atoms with E-state index in [2.05, 4.69) is 10.3 Å². The van der Waals surface area contributed by atoms with Gasteiger partial charge in [-0.15, -0.1) is 0 Å². The zero-order chi connectivity index (χ0) is 25.5. The van der Waals surface area contributed by atoms with Crippen molar-refractivity contribution in [3.05, 3.63) is 99.5 Å². The lowest BCUT2D eigenvalue weighted by Gasteiger charge is -2.13. The van der Waals surface area contributed by atoms with Gasteiger partial charge in [-0.1, -0.05) is 48.0 Å². The van der Waals surface area contributed by atoms with Crippen molar-refractivity contribution in [3.63, 3.8) is 0 Å². The van der Waals surface area contributed by atoms with Crippen LogP contribution >= 0.6 is 0 Å². The van der Waals surface area contributed by atoms with Crippen molar-refractivity contribution >= 4 is 16.9 Å². The van der Waals surface area contributed by atoms with Crippen LogP contribution in [-0.4, -0.2) is 36.2 Å². The molecular formula is C29H31N3O4. The van der Waals surface area contributed by atoms with Gasteiger partial charge in [0.2, 0.25) is 5.91 Å². The van der Waals surface area contributed by atoms with Gasteiger partial charge in [-0.2, -0.15) is 0 Å². The molecule has 0 aliphatic rings. The van der Waals surface area contributed by atoms with Crippen molar-refractivity contribution < 1.29 is 14.3 Å². The molecule has 3 aromatic carbocycles. The number of carbonyl (C=O) groups is 1. The molecule has 0 saturated heterocycles. The van der Waals surface area contributed by atoms with Crippen LogP contribution in [0.3, 0.4) is 0 Å². The minimum atomic E-state index is -0.160. The van der Waals surface area contributed by atoms with Crippen LogP contribution in [0.1, 0.15) is 28.8 Å². The van der Waals surface area contributed by atoms with E-state index in [9.17, 15) is 9.59 Å². The highest BCUT2D eigenvalue weighted by molar-refractivity contribution is 5.77. The highest BCUT2D eigenvalue weighted by atomic mass is 16.5. The van der Waals surface area contributed by atoms with E-state index < -0.39 is 0 Å². The van der Waals surface area contributed by atoms with Crippen molar-refractivity contribution in [3.8, 4) is 11.5 Å². The summed E-state index contributed by atoms with van der Waals surface area (Å²) in [7, 11) is 3.19. The normalized spacial score (nSPS) is 10.9. The Morgan fingerprint density at radius 1 is 0.917 bits per heavy atom. The lowest BCUT2D eigenvalue weighted by molar-refractivity contribution is -0.121. The number of nitrogens with zero attached hydrogens (tertiary/aromatic N) is 2. The van der Waals surface area contributed by atoms with Gasteiger partial charge in [-0.25, -0.2) is 4.98 Å². The summed E-state index contributed by atoms with van der Waals surface area (Å²) >= 11 is 0. The number of ether oxygens (including phenoxy) is 2. The topological polar surface area (TPSA) is 82.5 Å². The SMILES string of the molecule is COc1ccc(CCNC(=O)CCc2nc3ccccc3n(Cc3ccc(C)cc3)c2=O)cc1OC.